The Hall–Kier alpha value is -2.91. The minimum atomic E-state index is -0.547. The van der Waals surface area contributed by atoms with Gasteiger partial charge in [-0.05, 0) is 12.8 Å². The third-order valence-electron chi connectivity index (χ3n) is 3.58. The van der Waals surface area contributed by atoms with Crippen LogP contribution in [0.3, 0.4) is 0 Å². The lowest BCUT2D eigenvalue weighted by molar-refractivity contribution is -0.151. The zero-order chi connectivity index (χ0) is 19.6. The quantitative estimate of drug-likeness (QED) is 0.573. The predicted molar refractivity (Wildman–Crippen MR) is 96.5 cm³/mol. The zero-order valence-electron chi connectivity index (χ0n) is 15.6. The number of aromatic nitrogens is 4. The van der Waals surface area contributed by atoms with E-state index in [1.54, 1.807) is 0 Å². The predicted octanol–water partition coefficient (Wildman–Crippen LogP) is 1.28. The monoisotopic (exact) mass is 379 g/mol. The lowest BCUT2D eigenvalue weighted by Crippen LogP contribution is -2.32. The molecule has 2 N–H and O–H groups in total. The minimum absolute atomic E-state index is 0.0183. The van der Waals surface area contributed by atoms with Crippen LogP contribution in [0.25, 0.3) is 11.2 Å². The molecule has 0 saturated carbocycles. The van der Waals surface area contributed by atoms with E-state index in [2.05, 4.69) is 15.0 Å². The molecule has 0 aliphatic rings. The highest BCUT2D eigenvalue weighted by Gasteiger charge is 2.17. The molecule has 10 heteroatoms. The highest BCUT2D eigenvalue weighted by molar-refractivity contribution is 5.70. The molecule has 0 aliphatic heterocycles. The molecule has 1 unspecified atom stereocenters. The molecular formula is C17H25N5O5. The summed E-state index contributed by atoms with van der Waals surface area (Å²) in [7, 11) is 0. The van der Waals surface area contributed by atoms with Gasteiger partial charge in [-0.15, -0.1) is 0 Å². The Labute approximate surface area is 157 Å². The van der Waals surface area contributed by atoms with E-state index >= 15 is 0 Å². The van der Waals surface area contributed by atoms with E-state index in [1.165, 1.54) is 17.3 Å². The van der Waals surface area contributed by atoms with Crippen LogP contribution in [-0.4, -0.2) is 50.9 Å². The van der Waals surface area contributed by atoms with Crippen LogP contribution >= 0.6 is 0 Å². The smallest absolute Gasteiger partial charge is 0.305 e. The zero-order valence-corrected chi connectivity index (χ0v) is 15.6. The van der Waals surface area contributed by atoms with Gasteiger partial charge in [0.2, 0.25) is 11.6 Å². The third kappa shape index (κ3) is 6.39. The summed E-state index contributed by atoms with van der Waals surface area (Å²) in [5, 5.41) is 0. The van der Waals surface area contributed by atoms with E-state index in [9.17, 15) is 9.59 Å². The van der Waals surface area contributed by atoms with Gasteiger partial charge >= 0.3 is 11.9 Å². The molecule has 1 atom stereocenters. The van der Waals surface area contributed by atoms with Crippen molar-refractivity contribution in [2.75, 3.05) is 18.9 Å². The number of hydrogen-bond donors (Lipinski definition) is 1. The first kappa shape index (κ1) is 20.4. The molecule has 0 aliphatic carbocycles. The van der Waals surface area contributed by atoms with E-state index in [-0.39, 0.29) is 31.1 Å². The first-order chi connectivity index (χ1) is 13.0. The highest BCUT2D eigenvalue weighted by Crippen LogP contribution is 2.10. The van der Waals surface area contributed by atoms with Crippen molar-refractivity contribution in [1.29, 1.82) is 0 Å². The molecule has 2 heterocycles. The largest absolute Gasteiger partial charge is 0.466 e. The van der Waals surface area contributed by atoms with Crippen LogP contribution in [0.5, 0.6) is 0 Å². The first-order valence-corrected chi connectivity index (χ1v) is 8.97. The molecule has 2 aromatic rings. The molecule has 2 aromatic heterocycles. The number of ether oxygens (including phenoxy) is 2. The average molecular weight is 379 g/mol. The maximum absolute atomic E-state index is 11.7. The molecule has 0 radical (unpaired) electrons. The van der Waals surface area contributed by atoms with E-state index in [1.807, 2.05) is 13.8 Å². The Bertz CT molecular complexity index is 763. The summed E-state index contributed by atoms with van der Waals surface area (Å²) < 4.78 is 11.7. The maximum Gasteiger partial charge on any atom is 0.305 e. The SMILES string of the molecule is CCCC(=O)OCCC(COC(=O)CCC)On1cnc2cnc(N)nc21. The van der Waals surface area contributed by atoms with Crippen LogP contribution in [-0.2, 0) is 19.1 Å². The van der Waals surface area contributed by atoms with Crippen LogP contribution < -0.4 is 10.6 Å². The van der Waals surface area contributed by atoms with Gasteiger partial charge in [0.25, 0.3) is 0 Å². The van der Waals surface area contributed by atoms with Crippen LogP contribution in [0, 0.1) is 0 Å². The Morgan fingerprint density at radius 3 is 2.56 bits per heavy atom. The molecule has 0 amide bonds. The fraction of sp³-hybridized carbons (Fsp3) is 0.588. The van der Waals surface area contributed by atoms with Crippen LogP contribution in [0.1, 0.15) is 46.0 Å². The number of nitrogens with zero attached hydrogens (tertiary/aromatic N) is 4. The standard InChI is InChI=1S/C17H25N5O5/c1-3-5-14(23)25-8-7-12(10-26-15(24)6-4-2)27-22-11-20-13-9-19-17(18)21-16(13)22/h9,11-12H,3-8,10H2,1-2H3,(H2,18,19,21). The maximum atomic E-state index is 11.7. The molecule has 148 valence electrons. The summed E-state index contributed by atoms with van der Waals surface area (Å²) in [6.07, 6.45) is 4.82. The van der Waals surface area contributed by atoms with Gasteiger partial charge in [0, 0.05) is 19.3 Å². The number of carbonyl (C=O) groups is 2. The number of hydrogen-bond acceptors (Lipinski definition) is 9. The summed E-state index contributed by atoms with van der Waals surface area (Å²) in [4.78, 5) is 41.1. The number of carbonyl (C=O) groups excluding carboxylic acids is 2. The van der Waals surface area contributed by atoms with Gasteiger partial charge in [-0.1, -0.05) is 13.8 Å². The van der Waals surface area contributed by atoms with Gasteiger partial charge in [-0.2, -0.15) is 9.71 Å². The minimum Gasteiger partial charge on any atom is -0.466 e. The molecule has 0 aromatic carbocycles. The Kier molecular flexibility index (Phi) is 7.78. The van der Waals surface area contributed by atoms with E-state index in [0.29, 0.717) is 36.8 Å². The van der Waals surface area contributed by atoms with Crippen LogP contribution in [0.15, 0.2) is 12.5 Å². The van der Waals surface area contributed by atoms with Crippen molar-refractivity contribution in [3.63, 3.8) is 0 Å². The Morgan fingerprint density at radius 1 is 1.15 bits per heavy atom. The fourth-order valence-electron chi connectivity index (χ4n) is 2.25. The third-order valence-corrected chi connectivity index (χ3v) is 3.58. The van der Waals surface area contributed by atoms with Crippen molar-refractivity contribution < 1.29 is 23.9 Å². The molecule has 10 nitrogen and oxygen atoms in total. The Balaban J connectivity index is 2.02. The van der Waals surface area contributed by atoms with Crippen molar-refractivity contribution in [3.8, 4) is 0 Å². The summed E-state index contributed by atoms with van der Waals surface area (Å²) in [5.41, 5.74) is 6.52. The summed E-state index contributed by atoms with van der Waals surface area (Å²) in [5.74, 6) is -0.490. The molecule has 0 bridgehead atoms. The molecule has 27 heavy (non-hydrogen) atoms. The molecule has 0 spiro atoms. The van der Waals surface area contributed by atoms with Crippen molar-refractivity contribution in [2.45, 2.75) is 52.1 Å². The van der Waals surface area contributed by atoms with E-state index in [0.717, 1.165) is 6.42 Å². The summed E-state index contributed by atoms with van der Waals surface area (Å²) in [6, 6.07) is 0. The lowest BCUT2D eigenvalue weighted by atomic mass is 10.3. The van der Waals surface area contributed by atoms with Gasteiger partial charge in [-0.25, -0.2) is 9.97 Å². The summed E-state index contributed by atoms with van der Waals surface area (Å²) in [6.45, 7) is 3.96. The topological polar surface area (TPSA) is 131 Å². The summed E-state index contributed by atoms with van der Waals surface area (Å²) >= 11 is 0. The number of nitrogens with two attached hydrogens (primary N) is 1. The number of esters is 2. The molecule has 0 saturated heterocycles. The van der Waals surface area contributed by atoms with Crippen molar-refractivity contribution in [3.05, 3.63) is 12.5 Å². The number of anilines is 1. The van der Waals surface area contributed by atoms with Gasteiger partial charge in [-0.3, -0.25) is 9.59 Å². The number of nitrogen functional groups attached to an aromatic ring is 1. The van der Waals surface area contributed by atoms with Gasteiger partial charge in [0.15, 0.2) is 6.10 Å². The van der Waals surface area contributed by atoms with Crippen LogP contribution in [0.2, 0.25) is 0 Å². The second kappa shape index (κ2) is 10.3. The van der Waals surface area contributed by atoms with E-state index in [4.69, 9.17) is 20.0 Å². The number of rotatable bonds is 11. The second-order valence-corrected chi connectivity index (χ2v) is 5.93. The van der Waals surface area contributed by atoms with Gasteiger partial charge in [0.05, 0.1) is 12.8 Å². The molecule has 2 rings (SSSR count). The number of fused-ring (bicyclic) bond motifs is 1. The average Bonchev–Trinajstić information content (AvgIpc) is 3.02. The molecule has 0 fully saturated rings. The highest BCUT2D eigenvalue weighted by atomic mass is 16.7. The van der Waals surface area contributed by atoms with Gasteiger partial charge < -0.3 is 20.0 Å². The van der Waals surface area contributed by atoms with Crippen molar-refractivity contribution in [1.82, 2.24) is 19.7 Å². The van der Waals surface area contributed by atoms with Crippen molar-refractivity contribution in [2.24, 2.45) is 0 Å². The number of imidazole rings is 1. The molecular weight excluding hydrogens is 354 g/mol. The second-order valence-electron chi connectivity index (χ2n) is 5.93. The Morgan fingerprint density at radius 2 is 1.85 bits per heavy atom. The first-order valence-electron chi connectivity index (χ1n) is 8.97. The lowest BCUT2D eigenvalue weighted by Gasteiger charge is -2.19. The normalized spacial score (nSPS) is 11.9. The van der Waals surface area contributed by atoms with Gasteiger partial charge in [0.1, 0.15) is 18.5 Å². The van der Waals surface area contributed by atoms with E-state index < -0.39 is 6.10 Å². The van der Waals surface area contributed by atoms with Crippen molar-refractivity contribution >= 4 is 29.1 Å². The van der Waals surface area contributed by atoms with Crippen LogP contribution in [0.4, 0.5) is 5.95 Å². The fourth-order valence-corrected chi connectivity index (χ4v) is 2.25.